The van der Waals surface area contributed by atoms with E-state index in [0.717, 1.165) is 5.69 Å². The standard InChI is InChI=1S/C10H13Cl2N/c1-7(2)13(3)10-5-8(11)4-9(12)6-10/h4-7H,1-3H3. The molecule has 0 aliphatic carbocycles. The van der Waals surface area contributed by atoms with Gasteiger partial charge in [0, 0.05) is 28.8 Å². The van der Waals surface area contributed by atoms with Crippen molar-refractivity contribution in [3.63, 3.8) is 0 Å². The highest BCUT2D eigenvalue weighted by Crippen LogP contribution is 2.25. The molecule has 0 fully saturated rings. The molecule has 1 rings (SSSR count). The Kier molecular flexibility index (Phi) is 3.46. The zero-order valence-corrected chi connectivity index (χ0v) is 9.52. The fourth-order valence-electron chi connectivity index (χ4n) is 1.04. The Labute approximate surface area is 89.3 Å². The summed E-state index contributed by atoms with van der Waals surface area (Å²) in [5, 5.41) is 1.35. The number of hydrogen-bond donors (Lipinski definition) is 0. The van der Waals surface area contributed by atoms with Gasteiger partial charge in [-0.1, -0.05) is 23.2 Å². The Morgan fingerprint density at radius 2 is 1.54 bits per heavy atom. The summed E-state index contributed by atoms with van der Waals surface area (Å²) in [6.07, 6.45) is 0. The van der Waals surface area contributed by atoms with Crippen molar-refractivity contribution >= 4 is 28.9 Å². The van der Waals surface area contributed by atoms with Crippen LogP contribution in [0.1, 0.15) is 13.8 Å². The first-order chi connectivity index (χ1) is 6.00. The van der Waals surface area contributed by atoms with Gasteiger partial charge < -0.3 is 4.90 Å². The third-order valence-corrected chi connectivity index (χ3v) is 2.47. The molecule has 0 amide bonds. The van der Waals surface area contributed by atoms with E-state index in [0.29, 0.717) is 16.1 Å². The van der Waals surface area contributed by atoms with Crippen LogP contribution in [0.15, 0.2) is 18.2 Å². The van der Waals surface area contributed by atoms with E-state index in [1.165, 1.54) is 0 Å². The van der Waals surface area contributed by atoms with Crippen LogP contribution in [0.4, 0.5) is 5.69 Å². The maximum absolute atomic E-state index is 5.89. The third-order valence-electron chi connectivity index (χ3n) is 2.03. The van der Waals surface area contributed by atoms with Crippen LogP contribution in [0.5, 0.6) is 0 Å². The van der Waals surface area contributed by atoms with Gasteiger partial charge in [-0.15, -0.1) is 0 Å². The second-order valence-corrected chi connectivity index (χ2v) is 4.21. The lowest BCUT2D eigenvalue weighted by Gasteiger charge is -2.24. The quantitative estimate of drug-likeness (QED) is 0.728. The van der Waals surface area contributed by atoms with Crippen LogP contribution in [0.3, 0.4) is 0 Å². The van der Waals surface area contributed by atoms with Gasteiger partial charge in [0.2, 0.25) is 0 Å². The SMILES string of the molecule is CC(C)N(C)c1cc(Cl)cc(Cl)c1. The van der Waals surface area contributed by atoms with Gasteiger partial charge in [0.15, 0.2) is 0 Å². The van der Waals surface area contributed by atoms with Crippen LogP contribution in [-0.2, 0) is 0 Å². The summed E-state index contributed by atoms with van der Waals surface area (Å²) < 4.78 is 0. The average molecular weight is 218 g/mol. The van der Waals surface area contributed by atoms with Crippen molar-refractivity contribution < 1.29 is 0 Å². The zero-order valence-electron chi connectivity index (χ0n) is 8.01. The highest BCUT2D eigenvalue weighted by Gasteiger charge is 2.06. The van der Waals surface area contributed by atoms with Gasteiger partial charge in [0.1, 0.15) is 0 Å². The number of rotatable bonds is 2. The van der Waals surface area contributed by atoms with Crippen LogP contribution in [0.25, 0.3) is 0 Å². The lowest BCUT2D eigenvalue weighted by Crippen LogP contribution is -2.25. The molecule has 1 aromatic carbocycles. The zero-order chi connectivity index (χ0) is 10.0. The second-order valence-electron chi connectivity index (χ2n) is 3.33. The Morgan fingerprint density at radius 1 is 1.08 bits per heavy atom. The maximum atomic E-state index is 5.89. The van der Waals surface area contributed by atoms with Crippen LogP contribution in [-0.4, -0.2) is 13.1 Å². The molecule has 0 aromatic heterocycles. The molecule has 1 aromatic rings. The Bertz CT molecular complexity index is 277. The summed E-state index contributed by atoms with van der Waals surface area (Å²) in [5.74, 6) is 0. The predicted octanol–water partition coefficient (Wildman–Crippen LogP) is 3.84. The summed E-state index contributed by atoms with van der Waals surface area (Å²) in [6, 6.07) is 6.00. The van der Waals surface area contributed by atoms with Crippen molar-refractivity contribution in [2.75, 3.05) is 11.9 Å². The minimum Gasteiger partial charge on any atom is -0.372 e. The number of hydrogen-bond acceptors (Lipinski definition) is 1. The van der Waals surface area contributed by atoms with E-state index in [-0.39, 0.29) is 0 Å². The Hall–Kier alpha value is -0.400. The van der Waals surface area contributed by atoms with E-state index in [1.807, 2.05) is 19.2 Å². The van der Waals surface area contributed by atoms with Crippen LogP contribution < -0.4 is 4.90 Å². The first-order valence-corrected chi connectivity index (χ1v) is 4.95. The molecule has 0 N–H and O–H groups in total. The van der Waals surface area contributed by atoms with Gasteiger partial charge in [-0.2, -0.15) is 0 Å². The van der Waals surface area contributed by atoms with E-state index in [1.54, 1.807) is 6.07 Å². The normalized spacial score (nSPS) is 10.6. The summed E-state index contributed by atoms with van der Waals surface area (Å²) in [7, 11) is 2.02. The average Bonchev–Trinajstić information content (AvgIpc) is 2.01. The second kappa shape index (κ2) is 4.21. The van der Waals surface area contributed by atoms with Crippen LogP contribution in [0, 0.1) is 0 Å². The molecular formula is C10H13Cl2N. The minimum absolute atomic E-state index is 0.439. The monoisotopic (exact) mass is 217 g/mol. The number of benzene rings is 1. The summed E-state index contributed by atoms with van der Waals surface area (Å²) in [5.41, 5.74) is 1.05. The largest absolute Gasteiger partial charge is 0.372 e. The molecule has 0 heterocycles. The Morgan fingerprint density at radius 3 is 1.92 bits per heavy atom. The van der Waals surface area contributed by atoms with Gasteiger partial charge in [-0.05, 0) is 32.0 Å². The van der Waals surface area contributed by atoms with Crippen LogP contribution in [0.2, 0.25) is 10.0 Å². The molecule has 0 spiro atoms. The molecule has 0 aliphatic heterocycles. The molecule has 0 radical (unpaired) electrons. The summed E-state index contributed by atoms with van der Waals surface area (Å²) in [4.78, 5) is 2.12. The molecular weight excluding hydrogens is 205 g/mol. The maximum Gasteiger partial charge on any atom is 0.0441 e. The molecule has 0 atom stereocenters. The van der Waals surface area contributed by atoms with Gasteiger partial charge >= 0.3 is 0 Å². The summed E-state index contributed by atoms with van der Waals surface area (Å²) >= 11 is 11.8. The molecule has 3 heteroatoms. The summed E-state index contributed by atoms with van der Waals surface area (Å²) in [6.45, 7) is 4.24. The van der Waals surface area contributed by atoms with E-state index in [2.05, 4.69) is 18.7 Å². The van der Waals surface area contributed by atoms with Gasteiger partial charge in [-0.3, -0.25) is 0 Å². The minimum atomic E-state index is 0.439. The van der Waals surface area contributed by atoms with E-state index < -0.39 is 0 Å². The lowest BCUT2D eigenvalue weighted by molar-refractivity contribution is 0.755. The molecule has 0 saturated heterocycles. The first kappa shape index (κ1) is 10.7. The molecule has 0 aliphatic rings. The number of nitrogens with zero attached hydrogens (tertiary/aromatic N) is 1. The van der Waals surface area contributed by atoms with Crippen LogP contribution >= 0.6 is 23.2 Å². The third kappa shape index (κ3) is 2.78. The Balaban J connectivity index is 3.01. The molecule has 0 unspecified atom stereocenters. The molecule has 13 heavy (non-hydrogen) atoms. The predicted molar refractivity (Wildman–Crippen MR) is 60.0 cm³/mol. The number of anilines is 1. The fraction of sp³-hybridized carbons (Fsp3) is 0.400. The molecule has 0 saturated carbocycles. The molecule has 0 bridgehead atoms. The van der Waals surface area contributed by atoms with Crippen molar-refractivity contribution in [2.24, 2.45) is 0 Å². The van der Waals surface area contributed by atoms with Gasteiger partial charge in [0.25, 0.3) is 0 Å². The molecule has 72 valence electrons. The number of halogens is 2. The van der Waals surface area contributed by atoms with Crippen molar-refractivity contribution in [1.29, 1.82) is 0 Å². The topological polar surface area (TPSA) is 3.24 Å². The van der Waals surface area contributed by atoms with E-state index in [4.69, 9.17) is 23.2 Å². The van der Waals surface area contributed by atoms with Crippen molar-refractivity contribution in [3.05, 3.63) is 28.2 Å². The first-order valence-electron chi connectivity index (χ1n) is 4.19. The highest BCUT2D eigenvalue weighted by molar-refractivity contribution is 6.35. The van der Waals surface area contributed by atoms with Crippen molar-refractivity contribution in [2.45, 2.75) is 19.9 Å². The smallest absolute Gasteiger partial charge is 0.0441 e. The van der Waals surface area contributed by atoms with Crippen molar-refractivity contribution in [3.8, 4) is 0 Å². The molecule has 1 nitrogen and oxygen atoms in total. The van der Waals surface area contributed by atoms with Crippen molar-refractivity contribution in [1.82, 2.24) is 0 Å². The lowest BCUT2D eigenvalue weighted by atomic mass is 10.2. The van der Waals surface area contributed by atoms with Gasteiger partial charge in [-0.25, -0.2) is 0 Å². The van der Waals surface area contributed by atoms with E-state index >= 15 is 0 Å². The fourth-order valence-corrected chi connectivity index (χ4v) is 1.56. The highest BCUT2D eigenvalue weighted by atomic mass is 35.5. The van der Waals surface area contributed by atoms with E-state index in [9.17, 15) is 0 Å². The van der Waals surface area contributed by atoms with Gasteiger partial charge in [0.05, 0.1) is 0 Å².